The molecule has 3 heterocycles. The maximum atomic E-state index is 13.7. The molecule has 0 saturated heterocycles. The Morgan fingerprint density at radius 1 is 1.09 bits per heavy atom. The molecular formula is C25H29N5O2S2. The fourth-order valence-corrected chi connectivity index (χ4v) is 7.66. The van der Waals surface area contributed by atoms with Crippen LogP contribution in [0.3, 0.4) is 0 Å². The Balaban J connectivity index is 1.52. The molecule has 0 spiro atoms. The minimum atomic E-state index is -0.287. The van der Waals surface area contributed by atoms with Crippen LogP contribution in [0.5, 0.6) is 0 Å². The first kappa shape index (κ1) is 23.2. The summed E-state index contributed by atoms with van der Waals surface area (Å²) in [6, 6.07) is 2.27. The molecule has 0 unspecified atom stereocenters. The van der Waals surface area contributed by atoms with Gasteiger partial charge in [-0.1, -0.05) is 13.8 Å². The molecule has 5 rings (SSSR count). The van der Waals surface area contributed by atoms with Crippen molar-refractivity contribution in [3.63, 3.8) is 0 Å². The Morgan fingerprint density at radius 3 is 2.56 bits per heavy atom. The fourth-order valence-electron chi connectivity index (χ4n) is 5.13. The van der Waals surface area contributed by atoms with Gasteiger partial charge in [0.1, 0.15) is 28.3 Å². The maximum absolute atomic E-state index is 13.7. The first-order valence-corrected chi connectivity index (χ1v) is 13.8. The van der Waals surface area contributed by atoms with Gasteiger partial charge in [0.25, 0.3) is 5.56 Å². The quantitative estimate of drug-likeness (QED) is 0.529. The van der Waals surface area contributed by atoms with E-state index in [0.717, 1.165) is 74.0 Å². The zero-order valence-corrected chi connectivity index (χ0v) is 21.3. The van der Waals surface area contributed by atoms with Crippen molar-refractivity contribution in [2.75, 3.05) is 18.4 Å². The molecule has 0 aromatic carbocycles. The first-order chi connectivity index (χ1) is 16.5. The number of nitriles is 1. The van der Waals surface area contributed by atoms with Crippen LogP contribution >= 0.6 is 22.7 Å². The molecular weight excluding hydrogens is 466 g/mol. The van der Waals surface area contributed by atoms with Gasteiger partial charge in [0, 0.05) is 9.75 Å². The largest absolute Gasteiger partial charge is 0.315 e. The average molecular weight is 496 g/mol. The molecule has 0 radical (unpaired) electrons. The van der Waals surface area contributed by atoms with Crippen LogP contribution in [0.1, 0.15) is 65.4 Å². The van der Waals surface area contributed by atoms with Gasteiger partial charge in [-0.2, -0.15) is 5.26 Å². The van der Waals surface area contributed by atoms with Crippen molar-refractivity contribution >= 4 is 43.8 Å². The summed E-state index contributed by atoms with van der Waals surface area (Å²) >= 11 is 3.14. The number of aromatic nitrogens is 2. The predicted octanol–water partition coefficient (Wildman–Crippen LogP) is 4.24. The third-order valence-corrected chi connectivity index (χ3v) is 9.39. The second kappa shape index (κ2) is 9.61. The second-order valence-electron chi connectivity index (χ2n) is 8.99. The number of nitrogens with one attached hydrogen (secondary N) is 1. The molecule has 0 fully saturated rings. The van der Waals surface area contributed by atoms with E-state index in [0.29, 0.717) is 28.3 Å². The Hall–Kier alpha value is -2.54. The SMILES string of the molecule is CCN(CC)Cc1nc2sc3c(c2c(=O)n1CC(=O)Nc1sc2c(c1C#N)CCC2)CCCC3. The lowest BCUT2D eigenvalue weighted by Gasteiger charge is -2.20. The highest BCUT2D eigenvalue weighted by molar-refractivity contribution is 7.18. The minimum Gasteiger partial charge on any atom is -0.315 e. The summed E-state index contributed by atoms with van der Waals surface area (Å²) in [5, 5.41) is 13.9. The van der Waals surface area contributed by atoms with Gasteiger partial charge in [-0.15, -0.1) is 22.7 Å². The number of hydrogen-bond acceptors (Lipinski definition) is 7. The van der Waals surface area contributed by atoms with Crippen molar-refractivity contribution < 1.29 is 4.79 Å². The number of thiophene rings is 2. The van der Waals surface area contributed by atoms with Crippen LogP contribution in [0, 0.1) is 11.3 Å². The van der Waals surface area contributed by atoms with E-state index in [9.17, 15) is 14.9 Å². The van der Waals surface area contributed by atoms with E-state index in [-0.39, 0.29) is 18.0 Å². The number of rotatable bonds is 7. The number of amides is 1. The maximum Gasteiger partial charge on any atom is 0.263 e. The molecule has 2 aliphatic rings. The van der Waals surface area contributed by atoms with E-state index in [4.69, 9.17) is 4.98 Å². The van der Waals surface area contributed by atoms with Crippen LogP contribution in [0.25, 0.3) is 10.2 Å². The summed E-state index contributed by atoms with van der Waals surface area (Å²) in [6.45, 7) is 6.26. The molecule has 7 nitrogen and oxygen atoms in total. The number of anilines is 1. The number of hydrogen-bond donors (Lipinski definition) is 1. The zero-order chi connectivity index (χ0) is 23.8. The molecule has 178 valence electrons. The highest BCUT2D eigenvalue weighted by Gasteiger charge is 2.26. The summed E-state index contributed by atoms with van der Waals surface area (Å²) in [6.07, 6.45) is 7.05. The van der Waals surface area contributed by atoms with Crippen molar-refractivity contribution in [2.45, 2.75) is 71.9 Å². The molecule has 1 amide bonds. The number of fused-ring (bicyclic) bond motifs is 4. The van der Waals surface area contributed by atoms with Crippen molar-refractivity contribution in [2.24, 2.45) is 0 Å². The molecule has 0 bridgehead atoms. The van der Waals surface area contributed by atoms with Crippen LogP contribution in [0.2, 0.25) is 0 Å². The molecule has 34 heavy (non-hydrogen) atoms. The minimum absolute atomic E-state index is 0.101. The third-order valence-electron chi connectivity index (χ3n) is 7.00. The average Bonchev–Trinajstić information content (AvgIpc) is 3.52. The molecule has 0 aliphatic heterocycles. The van der Waals surface area contributed by atoms with E-state index in [1.807, 2.05) is 0 Å². The van der Waals surface area contributed by atoms with Gasteiger partial charge in [0.05, 0.1) is 17.5 Å². The third kappa shape index (κ3) is 4.08. The monoisotopic (exact) mass is 495 g/mol. The normalized spacial score (nSPS) is 14.9. The summed E-state index contributed by atoms with van der Waals surface area (Å²) in [4.78, 5) is 37.3. The summed E-state index contributed by atoms with van der Waals surface area (Å²) in [5.41, 5.74) is 2.68. The highest BCUT2D eigenvalue weighted by atomic mass is 32.1. The van der Waals surface area contributed by atoms with E-state index in [2.05, 4.69) is 30.1 Å². The Bertz CT molecular complexity index is 1360. The number of carbonyl (C=O) groups excluding carboxylic acids is 1. The van der Waals surface area contributed by atoms with E-state index in [1.165, 1.54) is 21.1 Å². The van der Waals surface area contributed by atoms with E-state index in [1.54, 1.807) is 15.9 Å². The van der Waals surface area contributed by atoms with Gasteiger partial charge >= 0.3 is 0 Å². The molecule has 9 heteroatoms. The fraction of sp³-hybridized carbons (Fsp3) is 0.520. The second-order valence-corrected chi connectivity index (χ2v) is 11.2. The molecule has 3 aromatic rings. The van der Waals surface area contributed by atoms with Crippen molar-refractivity contribution in [3.05, 3.63) is 42.6 Å². The van der Waals surface area contributed by atoms with Crippen molar-refractivity contribution in [3.8, 4) is 6.07 Å². The van der Waals surface area contributed by atoms with Crippen LogP contribution < -0.4 is 10.9 Å². The van der Waals surface area contributed by atoms with Crippen molar-refractivity contribution in [1.82, 2.24) is 14.5 Å². The molecule has 0 atom stereocenters. The topological polar surface area (TPSA) is 91.0 Å². The summed E-state index contributed by atoms with van der Waals surface area (Å²) < 4.78 is 1.56. The van der Waals surface area contributed by atoms with E-state index >= 15 is 0 Å². The van der Waals surface area contributed by atoms with Gasteiger partial charge in [0.2, 0.25) is 5.91 Å². The zero-order valence-electron chi connectivity index (χ0n) is 19.7. The lowest BCUT2D eigenvalue weighted by molar-refractivity contribution is -0.116. The standard InChI is InChI=1S/C25H29N5O2S2/c1-3-29(4-2)13-20-27-24-22(16-8-5-6-10-19(16)34-24)25(32)30(20)14-21(31)28-23-17(12-26)15-9-7-11-18(15)33-23/h3-11,13-14H2,1-2H3,(H,28,31). The van der Waals surface area contributed by atoms with Crippen LogP contribution in [-0.2, 0) is 43.6 Å². The molecule has 1 N–H and O–H groups in total. The lowest BCUT2D eigenvalue weighted by atomic mass is 9.97. The van der Waals surface area contributed by atoms with Crippen molar-refractivity contribution in [1.29, 1.82) is 5.26 Å². The number of nitrogens with zero attached hydrogens (tertiary/aromatic N) is 4. The lowest BCUT2D eigenvalue weighted by Crippen LogP contribution is -2.34. The van der Waals surface area contributed by atoms with Gasteiger partial charge in [-0.05, 0) is 69.2 Å². The molecule has 2 aliphatic carbocycles. The van der Waals surface area contributed by atoms with Gasteiger partial charge in [0.15, 0.2) is 0 Å². The smallest absolute Gasteiger partial charge is 0.263 e. The first-order valence-electron chi connectivity index (χ1n) is 12.1. The summed E-state index contributed by atoms with van der Waals surface area (Å²) in [7, 11) is 0. The van der Waals surface area contributed by atoms with Crippen LogP contribution in [0.4, 0.5) is 5.00 Å². The Kier molecular flexibility index (Phi) is 6.56. The van der Waals surface area contributed by atoms with Gasteiger partial charge < -0.3 is 5.32 Å². The molecule has 3 aromatic heterocycles. The summed E-state index contributed by atoms with van der Waals surface area (Å²) in [5.74, 6) is 0.341. The van der Waals surface area contributed by atoms with Gasteiger partial charge in [-0.3, -0.25) is 19.1 Å². The number of aryl methyl sites for hydroxylation is 3. The van der Waals surface area contributed by atoms with Gasteiger partial charge in [-0.25, -0.2) is 4.98 Å². The number of carbonyl (C=O) groups is 1. The van der Waals surface area contributed by atoms with Crippen LogP contribution in [-0.4, -0.2) is 33.4 Å². The Morgan fingerprint density at radius 2 is 1.79 bits per heavy atom. The molecule has 0 saturated carbocycles. The van der Waals surface area contributed by atoms with E-state index < -0.39 is 0 Å². The predicted molar refractivity (Wildman–Crippen MR) is 137 cm³/mol. The van der Waals surface area contributed by atoms with Crippen LogP contribution in [0.15, 0.2) is 4.79 Å². The Labute approximate surface area is 207 Å². The highest BCUT2D eigenvalue weighted by Crippen LogP contribution is 2.38.